The molecule has 2 aromatic carbocycles. The van der Waals surface area contributed by atoms with Gasteiger partial charge < -0.3 is 19.1 Å². The lowest BCUT2D eigenvalue weighted by atomic mass is 10.1. The van der Waals surface area contributed by atoms with Gasteiger partial charge in [-0.25, -0.2) is 4.39 Å². The van der Waals surface area contributed by atoms with Gasteiger partial charge in [0.05, 0.1) is 33.0 Å². The quantitative estimate of drug-likeness (QED) is 0.560. The number of carbonyl (C=O) groups excluding carboxylic acids is 1. The highest BCUT2D eigenvalue weighted by Crippen LogP contribution is 2.16. The molecular formula is C26H34FN3O4. The lowest BCUT2D eigenvalue weighted by Gasteiger charge is -2.36. The minimum absolute atomic E-state index is 0.0823. The first-order valence-corrected chi connectivity index (χ1v) is 11.9. The monoisotopic (exact) mass is 471 g/mol. The van der Waals surface area contributed by atoms with E-state index in [-0.39, 0.29) is 17.8 Å². The Morgan fingerprint density at radius 1 is 1.03 bits per heavy atom. The smallest absolute Gasteiger partial charge is 0.253 e. The van der Waals surface area contributed by atoms with Gasteiger partial charge in [0, 0.05) is 57.9 Å². The van der Waals surface area contributed by atoms with Crippen molar-refractivity contribution < 1.29 is 23.4 Å². The maximum Gasteiger partial charge on any atom is 0.253 e. The molecule has 0 radical (unpaired) electrons. The number of nitrogens with zero attached hydrogens (tertiary/aromatic N) is 3. The minimum Gasteiger partial charge on any atom is -0.497 e. The third kappa shape index (κ3) is 6.99. The van der Waals surface area contributed by atoms with E-state index in [0.29, 0.717) is 25.3 Å². The van der Waals surface area contributed by atoms with E-state index in [0.717, 1.165) is 58.2 Å². The van der Waals surface area contributed by atoms with Crippen LogP contribution < -0.4 is 4.74 Å². The van der Waals surface area contributed by atoms with Gasteiger partial charge in [-0.2, -0.15) is 0 Å². The Hall–Kier alpha value is -2.52. The largest absolute Gasteiger partial charge is 0.497 e. The highest BCUT2D eigenvalue weighted by molar-refractivity contribution is 5.94. The SMILES string of the molecule is COc1ccc(CN2CCOC(CN(CCN3CCOCC3)C(=O)c3ccc(F)cc3)C2)cc1. The summed E-state index contributed by atoms with van der Waals surface area (Å²) in [5, 5.41) is 0. The van der Waals surface area contributed by atoms with Gasteiger partial charge in [0.15, 0.2) is 0 Å². The molecule has 2 heterocycles. The summed E-state index contributed by atoms with van der Waals surface area (Å²) in [5.41, 5.74) is 1.71. The molecule has 1 unspecified atom stereocenters. The summed E-state index contributed by atoms with van der Waals surface area (Å²) >= 11 is 0. The maximum atomic E-state index is 13.4. The average Bonchev–Trinajstić information content (AvgIpc) is 2.88. The first-order chi connectivity index (χ1) is 16.6. The van der Waals surface area contributed by atoms with Crippen LogP contribution in [0, 0.1) is 5.82 Å². The van der Waals surface area contributed by atoms with Crippen LogP contribution in [0.25, 0.3) is 0 Å². The third-order valence-corrected chi connectivity index (χ3v) is 6.38. The molecule has 7 nitrogen and oxygen atoms in total. The second-order valence-electron chi connectivity index (χ2n) is 8.79. The highest BCUT2D eigenvalue weighted by Gasteiger charge is 2.26. The fraction of sp³-hybridized carbons (Fsp3) is 0.500. The normalized spacial score (nSPS) is 19.6. The lowest BCUT2D eigenvalue weighted by Crippen LogP contribution is -2.50. The molecule has 2 aromatic rings. The van der Waals surface area contributed by atoms with Gasteiger partial charge in [-0.1, -0.05) is 12.1 Å². The Kier molecular flexibility index (Phi) is 8.87. The summed E-state index contributed by atoms with van der Waals surface area (Å²) in [5.74, 6) is 0.407. The van der Waals surface area contributed by atoms with Crippen molar-refractivity contribution in [1.82, 2.24) is 14.7 Å². The van der Waals surface area contributed by atoms with Crippen LogP contribution in [0.5, 0.6) is 5.75 Å². The van der Waals surface area contributed by atoms with E-state index in [9.17, 15) is 9.18 Å². The number of methoxy groups -OCH3 is 1. The first kappa shape index (κ1) is 24.6. The van der Waals surface area contributed by atoms with Crippen molar-refractivity contribution in [1.29, 1.82) is 0 Å². The second-order valence-corrected chi connectivity index (χ2v) is 8.79. The molecule has 1 amide bonds. The molecule has 34 heavy (non-hydrogen) atoms. The van der Waals surface area contributed by atoms with E-state index < -0.39 is 0 Å². The van der Waals surface area contributed by atoms with Crippen molar-refractivity contribution in [3.8, 4) is 5.75 Å². The molecule has 0 aromatic heterocycles. The van der Waals surface area contributed by atoms with Crippen LogP contribution in [0.15, 0.2) is 48.5 Å². The van der Waals surface area contributed by atoms with Gasteiger partial charge in [0.25, 0.3) is 5.91 Å². The molecule has 0 bridgehead atoms. The lowest BCUT2D eigenvalue weighted by molar-refractivity contribution is -0.0443. The summed E-state index contributed by atoms with van der Waals surface area (Å²) in [6.45, 7) is 8.09. The van der Waals surface area contributed by atoms with Crippen molar-refractivity contribution in [3.63, 3.8) is 0 Å². The molecular weight excluding hydrogens is 437 g/mol. The third-order valence-electron chi connectivity index (χ3n) is 6.38. The molecule has 2 aliphatic rings. The van der Waals surface area contributed by atoms with E-state index in [1.165, 1.54) is 17.7 Å². The van der Waals surface area contributed by atoms with E-state index >= 15 is 0 Å². The van der Waals surface area contributed by atoms with Crippen LogP contribution in [0.2, 0.25) is 0 Å². The molecule has 2 saturated heterocycles. The fourth-order valence-electron chi connectivity index (χ4n) is 4.41. The summed E-state index contributed by atoms with van der Waals surface area (Å²) in [7, 11) is 1.67. The molecule has 1 atom stereocenters. The Morgan fingerprint density at radius 2 is 1.74 bits per heavy atom. The number of hydrogen-bond acceptors (Lipinski definition) is 6. The zero-order valence-corrected chi connectivity index (χ0v) is 19.8. The molecule has 0 N–H and O–H groups in total. The summed E-state index contributed by atoms with van der Waals surface area (Å²) in [6.07, 6.45) is -0.0823. The number of rotatable bonds is 9. The number of benzene rings is 2. The molecule has 2 fully saturated rings. The van der Waals surface area contributed by atoms with Crippen LogP contribution in [0.4, 0.5) is 4.39 Å². The zero-order chi connectivity index (χ0) is 23.8. The Bertz CT molecular complexity index is 903. The molecule has 4 rings (SSSR count). The Morgan fingerprint density at radius 3 is 2.44 bits per heavy atom. The van der Waals surface area contributed by atoms with Crippen molar-refractivity contribution in [2.24, 2.45) is 0 Å². The number of morpholine rings is 2. The van der Waals surface area contributed by atoms with Crippen molar-refractivity contribution in [2.75, 3.05) is 72.7 Å². The van der Waals surface area contributed by atoms with Gasteiger partial charge in [-0.05, 0) is 42.0 Å². The van der Waals surface area contributed by atoms with E-state index in [1.807, 2.05) is 17.0 Å². The number of halogens is 1. The number of carbonyl (C=O) groups is 1. The molecule has 0 aliphatic carbocycles. The summed E-state index contributed by atoms with van der Waals surface area (Å²) in [6, 6.07) is 13.9. The van der Waals surface area contributed by atoms with Gasteiger partial charge in [0.1, 0.15) is 11.6 Å². The van der Waals surface area contributed by atoms with Crippen LogP contribution in [0.1, 0.15) is 15.9 Å². The predicted molar refractivity (Wildman–Crippen MR) is 128 cm³/mol. The molecule has 184 valence electrons. The fourth-order valence-corrected chi connectivity index (χ4v) is 4.41. The number of hydrogen-bond donors (Lipinski definition) is 0. The minimum atomic E-state index is -0.346. The van der Waals surface area contributed by atoms with Crippen LogP contribution in [-0.2, 0) is 16.0 Å². The van der Waals surface area contributed by atoms with Crippen molar-refractivity contribution in [2.45, 2.75) is 12.6 Å². The summed E-state index contributed by atoms with van der Waals surface area (Å²) in [4.78, 5) is 19.8. The standard InChI is InChI=1S/C26H34FN3O4/c1-32-24-8-2-21(3-9-24)18-29-14-17-34-25(19-29)20-30(11-10-28-12-15-33-16-13-28)26(31)22-4-6-23(27)7-5-22/h2-9,25H,10-20H2,1H3. The maximum absolute atomic E-state index is 13.4. The van der Waals surface area contributed by atoms with Crippen LogP contribution >= 0.6 is 0 Å². The van der Waals surface area contributed by atoms with Crippen molar-refractivity contribution >= 4 is 5.91 Å². The molecule has 0 saturated carbocycles. The van der Waals surface area contributed by atoms with E-state index in [4.69, 9.17) is 14.2 Å². The van der Waals surface area contributed by atoms with Gasteiger partial charge in [-0.15, -0.1) is 0 Å². The topological polar surface area (TPSA) is 54.5 Å². The highest BCUT2D eigenvalue weighted by atomic mass is 19.1. The molecule has 8 heteroatoms. The van der Waals surface area contributed by atoms with Crippen LogP contribution in [-0.4, -0.2) is 99.5 Å². The zero-order valence-electron chi connectivity index (χ0n) is 19.8. The van der Waals surface area contributed by atoms with Gasteiger partial charge in [-0.3, -0.25) is 14.6 Å². The molecule has 0 spiro atoms. The average molecular weight is 472 g/mol. The summed E-state index contributed by atoms with van der Waals surface area (Å²) < 4.78 is 30.2. The van der Waals surface area contributed by atoms with E-state index in [2.05, 4.69) is 21.9 Å². The van der Waals surface area contributed by atoms with Gasteiger partial charge in [0.2, 0.25) is 0 Å². The first-order valence-electron chi connectivity index (χ1n) is 11.9. The van der Waals surface area contributed by atoms with Gasteiger partial charge >= 0.3 is 0 Å². The van der Waals surface area contributed by atoms with Crippen molar-refractivity contribution in [3.05, 3.63) is 65.5 Å². The Balaban J connectivity index is 1.38. The second kappa shape index (κ2) is 12.3. The van der Waals surface area contributed by atoms with E-state index in [1.54, 1.807) is 19.2 Å². The Labute approximate surface area is 201 Å². The van der Waals surface area contributed by atoms with Crippen LogP contribution in [0.3, 0.4) is 0 Å². The predicted octanol–water partition coefficient (Wildman–Crippen LogP) is 2.51. The number of amides is 1. The molecule has 2 aliphatic heterocycles. The number of ether oxygens (including phenoxy) is 3.